The molecule has 0 atom stereocenters. The minimum Gasteiger partial charge on any atom is -0.463 e. The van der Waals surface area contributed by atoms with Crippen LogP contribution in [0, 0.1) is 5.41 Å². The normalized spacial score (nSPS) is 15.9. The molecule has 1 aliphatic rings. The van der Waals surface area contributed by atoms with Crippen molar-refractivity contribution in [3.05, 3.63) is 34.9 Å². The minimum atomic E-state index is -0.796. The second kappa shape index (κ2) is 5.16. The molecule has 102 valence electrons. The maximum Gasteiger partial charge on any atom is 0.379 e. The smallest absolute Gasteiger partial charge is 0.379 e. The number of hydrogen-bond donors (Lipinski definition) is 0. The number of ether oxygens (including phenoxy) is 1. The third kappa shape index (κ3) is 2.42. The van der Waals surface area contributed by atoms with Crippen LogP contribution in [0.2, 0.25) is 0 Å². The monoisotopic (exact) mass is 260 g/mol. The number of esters is 1. The molecule has 3 heteroatoms. The largest absolute Gasteiger partial charge is 0.463 e. The molecule has 2 rings (SSSR count). The Hall–Kier alpha value is -1.64. The number of carbonyl (C=O) groups is 2. The zero-order valence-corrected chi connectivity index (χ0v) is 11.8. The van der Waals surface area contributed by atoms with Crippen LogP contribution in [0.1, 0.15) is 48.2 Å². The van der Waals surface area contributed by atoms with Gasteiger partial charge < -0.3 is 4.74 Å². The Bertz CT molecular complexity index is 513. The second-order valence-electron chi connectivity index (χ2n) is 5.36. The van der Waals surface area contributed by atoms with Gasteiger partial charge in [-0.3, -0.25) is 4.79 Å². The molecule has 1 aromatic rings. The average molecular weight is 260 g/mol. The second-order valence-corrected chi connectivity index (χ2v) is 5.36. The summed E-state index contributed by atoms with van der Waals surface area (Å²) in [6.45, 7) is 4.44. The summed E-state index contributed by atoms with van der Waals surface area (Å²) < 4.78 is 4.48. The van der Waals surface area contributed by atoms with E-state index in [1.807, 2.05) is 12.1 Å². The van der Waals surface area contributed by atoms with Gasteiger partial charge in [0.25, 0.3) is 5.78 Å². The Morgan fingerprint density at radius 1 is 1.16 bits per heavy atom. The van der Waals surface area contributed by atoms with Gasteiger partial charge in [-0.25, -0.2) is 4.79 Å². The maximum atomic E-state index is 11.8. The van der Waals surface area contributed by atoms with Crippen LogP contribution in [0.15, 0.2) is 18.2 Å². The Balaban J connectivity index is 2.29. The zero-order valence-electron chi connectivity index (χ0n) is 11.8. The average Bonchev–Trinajstić information content (AvgIpc) is 2.83. The van der Waals surface area contributed by atoms with Gasteiger partial charge in [0.1, 0.15) is 0 Å². The van der Waals surface area contributed by atoms with Gasteiger partial charge in [0.2, 0.25) is 0 Å². The topological polar surface area (TPSA) is 43.4 Å². The Morgan fingerprint density at radius 2 is 1.79 bits per heavy atom. The molecule has 19 heavy (non-hydrogen) atoms. The van der Waals surface area contributed by atoms with Crippen molar-refractivity contribution in [2.24, 2.45) is 5.41 Å². The van der Waals surface area contributed by atoms with Crippen LogP contribution in [0.25, 0.3) is 0 Å². The van der Waals surface area contributed by atoms with Crippen LogP contribution in [0.5, 0.6) is 0 Å². The van der Waals surface area contributed by atoms with Crippen LogP contribution in [0.3, 0.4) is 0 Å². The van der Waals surface area contributed by atoms with Crippen LogP contribution in [0.4, 0.5) is 0 Å². The summed E-state index contributed by atoms with van der Waals surface area (Å²) in [7, 11) is 1.23. The number of benzene rings is 1. The number of methoxy groups -OCH3 is 1. The Labute approximate surface area is 114 Å². The first-order valence-electron chi connectivity index (χ1n) is 6.79. The fourth-order valence-corrected chi connectivity index (χ4v) is 2.94. The van der Waals surface area contributed by atoms with Crippen LogP contribution < -0.4 is 0 Å². The number of fused-ring (bicyclic) bond motifs is 1. The highest BCUT2D eigenvalue weighted by Gasteiger charge is 2.34. The molecule has 0 amide bonds. The summed E-state index contributed by atoms with van der Waals surface area (Å²) in [6, 6.07) is 5.58. The molecule has 0 saturated carbocycles. The molecule has 0 saturated heterocycles. The molecule has 0 radical (unpaired) electrons. The van der Waals surface area contributed by atoms with Gasteiger partial charge in [0.15, 0.2) is 0 Å². The van der Waals surface area contributed by atoms with E-state index >= 15 is 0 Å². The van der Waals surface area contributed by atoms with Gasteiger partial charge in [-0.05, 0) is 48.3 Å². The number of rotatable bonds is 4. The first kappa shape index (κ1) is 13.8. The van der Waals surface area contributed by atoms with E-state index in [0.29, 0.717) is 11.0 Å². The van der Waals surface area contributed by atoms with Gasteiger partial charge in [-0.1, -0.05) is 26.0 Å². The van der Waals surface area contributed by atoms with E-state index in [4.69, 9.17) is 0 Å². The highest BCUT2D eigenvalue weighted by molar-refractivity contribution is 6.40. The lowest BCUT2D eigenvalue weighted by Crippen LogP contribution is -2.18. The minimum absolute atomic E-state index is 0.329. The molecule has 0 fully saturated rings. The van der Waals surface area contributed by atoms with Crippen molar-refractivity contribution < 1.29 is 14.3 Å². The van der Waals surface area contributed by atoms with Crippen molar-refractivity contribution in [3.63, 3.8) is 0 Å². The summed E-state index contributed by atoms with van der Waals surface area (Å²) in [5.41, 5.74) is 3.28. The Kier molecular flexibility index (Phi) is 3.74. The SMILES string of the molecule is CCC1(CC)Cc2ccc(C(=O)C(=O)OC)cc2C1. The molecule has 0 N–H and O–H groups in total. The van der Waals surface area contributed by atoms with Gasteiger partial charge in [0, 0.05) is 5.56 Å². The molecule has 1 aliphatic carbocycles. The van der Waals surface area contributed by atoms with E-state index in [2.05, 4.69) is 18.6 Å². The third-order valence-electron chi connectivity index (χ3n) is 4.47. The first-order chi connectivity index (χ1) is 9.05. The fourth-order valence-electron chi connectivity index (χ4n) is 2.94. The predicted octanol–water partition coefficient (Wildman–Crippen LogP) is 2.95. The molecule has 0 unspecified atom stereocenters. The van der Waals surface area contributed by atoms with Gasteiger partial charge >= 0.3 is 5.97 Å². The predicted molar refractivity (Wildman–Crippen MR) is 73.2 cm³/mol. The summed E-state index contributed by atoms with van der Waals surface area (Å²) in [6.07, 6.45) is 4.34. The quantitative estimate of drug-likeness (QED) is 0.475. The van der Waals surface area contributed by atoms with E-state index in [9.17, 15) is 9.59 Å². The van der Waals surface area contributed by atoms with Crippen molar-refractivity contribution in [2.75, 3.05) is 7.11 Å². The van der Waals surface area contributed by atoms with Crippen LogP contribution in [-0.4, -0.2) is 18.9 Å². The first-order valence-corrected chi connectivity index (χ1v) is 6.79. The van der Waals surface area contributed by atoms with Crippen molar-refractivity contribution in [1.82, 2.24) is 0 Å². The van der Waals surface area contributed by atoms with E-state index in [1.165, 1.54) is 18.2 Å². The molecule has 0 aliphatic heterocycles. The molecular weight excluding hydrogens is 240 g/mol. The Morgan fingerprint density at radius 3 is 2.37 bits per heavy atom. The van der Waals surface area contributed by atoms with E-state index in [0.717, 1.165) is 25.7 Å². The van der Waals surface area contributed by atoms with E-state index in [-0.39, 0.29) is 0 Å². The van der Waals surface area contributed by atoms with E-state index < -0.39 is 11.8 Å². The molecule has 0 aromatic heterocycles. The standard InChI is InChI=1S/C16H20O3/c1-4-16(5-2)9-12-7-6-11(8-13(12)10-16)14(17)15(18)19-3/h6-8H,4-5,9-10H2,1-3H3. The van der Waals surface area contributed by atoms with Crippen LogP contribution in [-0.2, 0) is 22.4 Å². The highest BCUT2D eigenvalue weighted by atomic mass is 16.5. The third-order valence-corrected chi connectivity index (χ3v) is 4.47. The van der Waals surface area contributed by atoms with Crippen LogP contribution >= 0.6 is 0 Å². The highest BCUT2D eigenvalue weighted by Crippen LogP contribution is 2.42. The molecule has 3 nitrogen and oxygen atoms in total. The summed E-state index contributed by atoms with van der Waals surface area (Å²) in [5, 5.41) is 0. The number of carbonyl (C=O) groups excluding carboxylic acids is 2. The molecule has 0 spiro atoms. The summed E-state index contributed by atoms with van der Waals surface area (Å²) in [5.74, 6) is -1.36. The summed E-state index contributed by atoms with van der Waals surface area (Å²) in [4.78, 5) is 23.1. The molecule has 0 bridgehead atoms. The molecule has 1 aromatic carbocycles. The lowest BCUT2D eigenvalue weighted by molar-refractivity contribution is -0.135. The summed E-state index contributed by atoms with van der Waals surface area (Å²) >= 11 is 0. The maximum absolute atomic E-state index is 11.8. The van der Waals surface area contributed by atoms with Crippen molar-refractivity contribution in [1.29, 1.82) is 0 Å². The lowest BCUT2D eigenvalue weighted by atomic mass is 9.80. The number of ketones is 1. The van der Waals surface area contributed by atoms with Crippen molar-refractivity contribution in [2.45, 2.75) is 39.5 Å². The fraction of sp³-hybridized carbons (Fsp3) is 0.500. The lowest BCUT2D eigenvalue weighted by Gasteiger charge is -2.25. The van der Waals surface area contributed by atoms with Gasteiger partial charge in [0.05, 0.1) is 7.11 Å². The van der Waals surface area contributed by atoms with Gasteiger partial charge in [-0.2, -0.15) is 0 Å². The number of hydrogen-bond acceptors (Lipinski definition) is 3. The van der Waals surface area contributed by atoms with Crippen molar-refractivity contribution in [3.8, 4) is 0 Å². The zero-order chi connectivity index (χ0) is 14.0. The number of Topliss-reactive ketones (excluding diaryl/α,β-unsaturated/α-hetero) is 1. The molecular formula is C16H20O3. The van der Waals surface area contributed by atoms with Gasteiger partial charge in [-0.15, -0.1) is 0 Å². The van der Waals surface area contributed by atoms with E-state index in [1.54, 1.807) is 6.07 Å². The molecule has 0 heterocycles. The van der Waals surface area contributed by atoms with Crippen molar-refractivity contribution >= 4 is 11.8 Å².